The van der Waals surface area contributed by atoms with Crippen LogP contribution < -0.4 is 5.73 Å². The monoisotopic (exact) mass is 427 g/mol. The van der Waals surface area contributed by atoms with Crippen LogP contribution in [0.15, 0.2) is 33.9 Å². The summed E-state index contributed by atoms with van der Waals surface area (Å²) in [6, 6.07) is -0.267. The van der Waals surface area contributed by atoms with Crippen LogP contribution in [0.4, 0.5) is 4.79 Å². The van der Waals surface area contributed by atoms with Crippen molar-refractivity contribution in [2.75, 3.05) is 20.2 Å². The van der Waals surface area contributed by atoms with E-state index < -0.39 is 29.3 Å². The van der Waals surface area contributed by atoms with Crippen LogP contribution in [0.5, 0.6) is 0 Å². The Morgan fingerprint density at radius 1 is 1.26 bits per heavy atom. The average Bonchev–Trinajstić information content (AvgIpc) is 3.14. The van der Waals surface area contributed by atoms with Crippen LogP contribution in [-0.2, 0) is 23.9 Å². The number of rotatable bonds is 2. The molecule has 0 aromatic rings. The summed E-state index contributed by atoms with van der Waals surface area (Å²) in [5, 5.41) is 11.7. The van der Waals surface area contributed by atoms with E-state index in [1.165, 1.54) is 0 Å². The number of ketones is 3. The lowest BCUT2D eigenvalue weighted by Gasteiger charge is -2.37. The first-order valence-electron chi connectivity index (χ1n) is 10.4. The molecule has 6 rings (SSSR count). The molecule has 0 spiro atoms. The van der Waals surface area contributed by atoms with Crippen LogP contribution in [0.1, 0.15) is 25.7 Å². The van der Waals surface area contributed by atoms with Crippen molar-refractivity contribution in [3.63, 3.8) is 0 Å². The maximum absolute atomic E-state index is 13.6. The number of carbonyl (C=O) groups is 4. The first-order chi connectivity index (χ1) is 14.7. The molecule has 2 saturated heterocycles. The quantitative estimate of drug-likeness (QED) is 0.440. The zero-order valence-corrected chi connectivity index (χ0v) is 16.8. The molecule has 1 amide bonds. The van der Waals surface area contributed by atoms with Gasteiger partial charge in [0, 0.05) is 43.0 Å². The van der Waals surface area contributed by atoms with E-state index in [4.69, 9.17) is 15.2 Å². The Balaban J connectivity index is 1.43. The topological polar surface area (TPSA) is 139 Å². The molecule has 5 atom stereocenters. The van der Waals surface area contributed by atoms with E-state index in [9.17, 15) is 24.3 Å². The molecule has 4 heterocycles. The number of allylic oxidation sites excluding steroid dienone is 4. The first-order valence-corrected chi connectivity index (χ1v) is 10.4. The Kier molecular flexibility index (Phi) is 3.53. The van der Waals surface area contributed by atoms with Gasteiger partial charge in [-0.2, -0.15) is 0 Å². The van der Waals surface area contributed by atoms with E-state index in [1.54, 1.807) is 4.90 Å². The second-order valence-electron chi connectivity index (χ2n) is 8.94. The largest absolute Gasteiger partial charge is 0.457 e. The summed E-state index contributed by atoms with van der Waals surface area (Å²) in [6.45, 7) is 0.0469. The number of likely N-dealkylation sites (N-methyl/N-ethyl adjacent to an activating group) is 1. The van der Waals surface area contributed by atoms with E-state index in [0.717, 1.165) is 0 Å². The van der Waals surface area contributed by atoms with Gasteiger partial charge in [-0.3, -0.25) is 19.3 Å². The Morgan fingerprint density at radius 3 is 2.77 bits per heavy atom. The fourth-order valence-electron chi connectivity index (χ4n) is 6.03. The van der Waals surface area contributed by atoms with Gasteiger partial charge in [0.15, 0.2) is 17.3 Å². The number of carbonyl (C=O) groups excluding carboxylic acids is 4. The lowest BCUT2D eigenvalue weighted by Crippen LogP contribution is -2.53. The van der Waals surface area contributed by atoms with Crippen molar-refractivity contribution < 1.29 is 33.8 Å². The lowest BCUT2D eigenvalue weighted by molar-refractivity contribution is -0.126. The van der Waals surface area contributed by atoms with E-state index in [-0.39, 0.29) is 53.5 Å². The molecule has 10 heteroatoms. The predicted octanol–water partition coefficient (Wildman–Crippen LogP) is -0.514. The number of nitrogens with two attached hydrogens (primary N) is 1. The highest BCUT2D eigenvalue weighted by Gasteiger charge is 2.74. The maximum Gasteiger partial charge on any atom is 0.404 e. The first kappa shape index (κ1) is 18.8. The highest BCUT2D eigenvalue weighted by atomic mass is 16.5. The minimum absolute atomic E-state index is 0.0326. The number of hydrogen-bond donors (Lipinski definition) is 2. The molecule has 10 nitrogen and oxygen atoms in total. The second-order valence-corrected chi connectivity index (χ2v) is 8.94. The number of ether oxygens (including phenoxy) is 2. The second kappa shape index (κ2) is 5.83. The van der Waals surface area contributed by atoms with E-state index in [2.05, 4.69) is 0 Å². The lowest BCUT2D eigenvalue weighted by atomic mass is 9.79. The minimum Gasteiger partial charge on any atom is -0.457 e. The molecule has 0 aromatic heterocycles. The van der Waals surface area contributed by atoms with Gasteiger partial charge in [-0.05, 0) is 13.5 Å². The molecule has 2 fully saturated rings. The number of nitrogens with zero attached hydrogens (tertiary/aromatic N) is 2. The van der Waals surface area contributed by atoms with Crippen molar-refractivity contribution in [1.82, 2.24) is 9.80 Å². The van der Waals surface area contributed by atoms with Crippen LogP contribution in [0.2, 0.25) is 0 Å². The number of piperazine rings is 1. The van der Waals surface area contributed by atoms with Gasteiger partial charge in [-0.1, -0.05) is 0 Å². The molecular weight excluding hydrogens is 406 g/mol. The molecule has 0 bridgehead atoms. The summed E-state index contributed by atoms with van der Waals surface area (Å²) in [4.78, 5) is 54.3. The number of fused-ring (bicyclic) bond motifs is 4. The molecular formula is C21H21N3O7. The molecule has 3 N–H and O–H groups in total. The predicted molar refractivity (Wildman–Crippen MR) is 102 cm³/mol. The normalized spacial score (nSPS) is 37.9. The molecule has 162 valence electrons. The van der Waals surface area contributed by atoms with Gasteiger partial charge in [0.1, 0.15) is 12.4 Å². The third-order valence-electron chi connectivity index (χ3n) is 7.53. The Bertz CT molecular complexity index is 1100. The summed E-state index contributed by atoms with van der Waals surface area (Å²) in [7, 11) is 1.85. The van der Waals surface area contributed by atoms with Crippen molar-refractivity contribution in [2.24, 2.45) is 11.7 Å². The third kappa shape index (κ3) is 2.18. The van der Waals surface area contributed by atoms with Crippen LogP contribution in [0.25, 0.3) is 0 Å². The summed E-state index contributed by atoms with van der Waals surface area (Å²) in [5.41, 5.74) is 4.41. The highest BCUT2D eigenvalue weighted by molar-refractivity contribution is 6.26. The van der Waals surface area contributed by atoms with Crippen LogP contribution in [-0.4, -0.2) is 76.4 Å². The fourth-order valence-corrected chi connectivity index (χ4v) is 6.03. The smallest absolute Gasteiger partial charge is 0.404 e. The van der Waals surface area contributed by atoms with Crippen molar-refractivity contribution in [3.05, 3.63) is 33.9 Å². The van der Waals surface area contributed by atoms with Gasteiger partial charge in [0.05, 0.1) is 23.2 Å². The number of Topliss-reactive ketones (excluding diaryl/α,β-unsaturated/α-hetero) is 3. The zero-order valence-electron chi connectivity index (χ0n) is 16.8. The number of primary amides is 1. The maximum atomic E-state index is 13.6. The van der Waals surface area contributed by atoms with Gasteiger partial charge < -0.3 is 25.2 Å². The fraction of sp³-hybridized carbons (Fsp3) is 0.524. The van der Waals surface area contributed by atoms with Gasteiger partial charge in [-0.15, -0.1) is 0 Å². The SMILES string of the molecule is CN1[C@H]2[C@@H]1CN1C3=C(C(=O)C4=C(CC5=C(CCCC5=O)O4)C3=O)[C@H](COC(N)=O)[C@@]21O. The Labute approximate surface area is 176 Å². The van der Waals surface area contributed by atoms with Crippen molar-refractivity contribution in [2.45, 2.75) is 43.5 Å². The standard InChI is InChI=1S/C21H21N3O7/c1-23-11-6-24-15-14(10(7-30-20(22)28)21(24,29)19(11)23)17(27)18-9(16(15)26)5-8-12(25)3-2-4-13(8)31-18/h10-11,19,29H,2-7H2,1H3,(H2,22,28)/t10-,11-,19-,21+,23?/m0/s1. The summed E-state index contributed by atoms with van der Waals surface area (Å²) < 4.78 is 10.8. The number of aliphatic hydroxyl groups is 1. The average molecular weight is 427 g/mol. The van der Waals surface area contributed by atoms with E-state index >= 15 is 0 Å². The Morgan fingerprint density at radius 2 is 2.03 bits per heavy atom. The van der Waals surface area contributed by atoms with Gasteiger partial charge in [-0.25, -0.2) is 4.79 Å². The molecule has 2 aliphatic carbocycles. The van der Waals surface area contributed by atoms with Crippen molar-refractivity contribution in [3.8, 4) is 0 Å². The summed E-state index contributed by atoms with van der Waals surface area (Å²) >= 11 is 0. The van der Waals surface area contributed by atoms with Gasteiger partial charge in [0.25, 0.3) is 0 Å². The van der Waals surface area contributed by atoms with Crippen LogP contribution >= 0.6 is 0 Å². The molecule has 31 heavy (non-hydrogen) atoms. The Hall–Kier alpha value is -2.98. The van der Waals surface area contributed by atoms with Crippen molar-refractivity contribution in [1.29, 1.82) is 0 Å². The molecule has 1 unspecified atom stereocenters. The van der Waals surface area contributed by atoms with Crippen LogP contribution in [0.3, 0.4) is 0 Å². The molecule has 0 saturated carbocycles. The molecule has 4 aliphatic heterocycles. The van der Waals surface area contributed by atoms with Gasteiger partial charge in [0.2, 0.25) is 11.6 Å². The van der Waals surface area contributed by atoms with Crippen molar-refractivity contribution >= 4 is 23.4 Å². The molecule has 0 aromatic carbocycles. The minimum atomic E-state index is -1.57. The third-order valence-corrected chi connectivity index (χ3v) is 7.53. The summed E-state index contributed by atoms with van der Waals surface area (Å²) in [6.07, 6.45) is 0.599. The molecule has 6 aliphatic rings. The highest BCUT2D eigenvalue weighted by Crippen LogP contribution is 2.58. The number of hydrogen-bond acceptors (Lipinski definition) is 9. The zero-order chi connectivity index (χ0) is 21.8. The number of amides is 1. The van der Waals surface area contributed by atoms with E-state index in [0.29, 0.717) is 37.1 Å². The summed E-state index contributed by atoms with van der Waals surface area (Å²) in [5.74, 6) is -1.55. The van der Waals surface area contributed by atoms with Crippen LogP contribution in [0, 0.1) is 5.92 Å². The molecule has 0 radical (unpaired) electrons. The van der Waals surface area contributed by atoms with Gasteiger partial charge >= 0.3 is 6.09 Å². The van der Waals surface area contributed by atoms with E-state index in [1.807, 2.05) is 11.9 Å².